The average molecular weight is 362 g/mol. The van der Waals surface area contributed by atoms with E-state index in [1.807, 2.05) is 6.08 Å². The Hall–Kier alpha value is -0.480. The molecule has 1 unspecified atom stereocenters. The molecule has 1 spiro atoms. The summed E-state index contributed by atoms with van der Waals surface area (Å²) >= 11 is 2.23. The molecular formula is C21H31NO2S. The van der Waals surface area contributed by atoms with Crippen LogP contribution in [0.2, 0.25) is 0 Å². The van der Waals surface area contributed by atoms with E-state index in [0.717, 1.165) is 18.8 Å². The Morgan fingerprint density at radius 2 is 1.92 bits per heavy atom. The summed E-state index contributed by atoms with van der Waals surface area (Å²) < 4.78 is 5.99. The first kappa shape index (κ1) is 16.7. The number of carbonyl (C=O) groups excluding carboxylic acids is 1. The van der Waals surface area contributed by atoms with Crippen LogP contribution in [0.25, 0.3) is 0 Å². The standard InChI is InChI=1S/C21H31NO2S/c23-20-12-16-11-18(25-14-15-7-3-1-2-4-8-15)17-13-21(16,24-20)19-9-5-6-10-22(17)19/h12,15,17-19H,1-11,13-14H2/t17-,18?,19+,21-/m0/s1. The zero-order valence-electron chi connectivity index (χ0n) is 15.3. The molecule has 0 N–H and O–H groups in total. The summed E-state index contributed by atoms with van der Waals surface area (Å²) in [5.41, 5.74) is 1.10. The van der Waals surface area contributed by atoms with Crippen LogP contribution < -0.4 is 0 Å². The molecule has 3 nitrogen and oxygen atoms in total. The van der Waals surface area contributed by atoms with E-state index in [-0.39, 0.29) is 11.6 Å². The number of hydrogen-bond donors (Lipinski definition) is 0. The van der Waals surface area contributed by atoms with Crippen molar-refractivity contribution in [3.05, 3.63) is 11.6 Å². The van der Waals surface area contributed by atoms with Crippen molar-refractivity contribution in [2.24, 2.45) is 5.92 Å². The van der Waals surface area contributed by atoms with Crippen molar-refractivity contribution in [1.82, 2.24) is 4.90 Å². The molecule has 2 bridgehead atoms. The topological polar surface area (TPSA) is 29.5 Å². The maximum absolute atomic E-state index is 12.1. The Kier molecular flexibility index (Phi) is 4.40. The molecule has 2 saturated carbocycles. The van der Waals surface area contributed by atoms with E-state index in [2.05, 4.69) is 16.7 Å². The van der Waals surface area contributed by atoms with Gasteiger partial charge in [0.1, 0.15) is 0 Å². The molecule has 0 aromatic rings. The summed E-state index contributed by atoms with van der Waals surface area (Å²) in [5.74, 6) is 2.18. The first-order valence-electron chi connectivity index (χ1n) is 10.6. The molecule has 3 heterocycles. The molecule has 5 aliphatic rings. The van der Waals surface area contributed by atoms with Crippen LogP contribution >= 0.6 is 11.8 Å². The van der Waals surface area contributed by atoms with Gasteiger partial charge < -0.3 is 4.74 Å². The molecule has 25 heavy (non-hydrogen) atoms. The highest BCUT2D eigenvalue weighted by molar-refractivity contribution is 8.00. The van der Waals surface area contributed by atoms with Crippen molar-refractivity contribution >= 4 is 17.7 Å². The first-order valence-corrected chi connectivity index (χ1v) is 11.6. The Bertz CT molecular complexity index is 568. The first-order chi connectivity index (χ1) is 12.3. The van der Waals surface area contributed by atoms with Gasteiger partial charge in [-0.25, -0.2) is 4.79 Å². The van der Waals surface area contributed by atoms with Crippen LogP contribution in [0, 0.1) is 5.92 Å². The van der Waals surface area contributed by atoms with Crippen LogP contribution in [-0.4, -0.2) is 46.1 Å². The summed E-state index contributed by atoms with van der Waals surface area (Å²) in [6, 6.07) is 1.09. The second-order valence-electron chi connectivity index (χ2n) is 8.93. The summed E-state index contributed by atoms with van der Waals surface area (Å²) in [7, 11) is 0. The third-order valence-electron chi connectivity index (χ3n) is 7.51. The Morgan fingerprint density at radius 1 is 1.12 bits per heavy atom. The minimum Gasteiger partial charge on any atom is -0.450 e. The van der Waals surface area contributed by atoms with Gasteiger partial charge in [0.05, 0.1) is 6.04 Å². The molecule has 0 aromatic heterocycles. The smallest absolute Gasteiger partial charge is 0.331 e. The average Bonchev–Trinajstić information content (AvgIpc) is 2.94. The van der Waals surface area contributed by atoms with Crippen molar-refractivity contribution in [2.75, 3.05) is 12.3 Å². The van der Waals surface area contributed by atoms with Crippen LogP contribution in [0.4, 0.5) is 0 Å². The van der Waals surface area contributed by atoms with Crippen LogP contribution in [0.3, 0.4) is 0 Å². The van der Waals surface area contributed by atoms with Crippen LogP contribution in [0.5, 0.6) is 0 Å². The van der Waals surface area contributed by atoms with Crippen molar-refractivity contribution in [1.29, 1.82) is 0 Å². The second-order valence-corrected chi connectivity index (χ2v) is 10.2. The lowest BCUT2D eigenvalue weighted by molar-refractivity contribution is -0.148. The zero-order chi connectivity index (χ0) is 16.9. The van der Waals surface area contributed by atoms with Crippen LogP contribution in [0.1, 0.15) is 70.6 Å². The summed E-state index contributed by atoms with van der Waals surface area (Å²) in [6.45, 7) is 1.21. The van der Waals surface area contributed by atoms with Gasteiger partial charge in [0, 0.05) is 23.8 Å². The van der Waals surface area contributed by atoms with E-state index in [4.69, 9.17) is 4.74 Å². The van der Waals surface area contributed by atoms with Gasteiger partial charge in [-0.2, -0.15) is 11.8 Å². The van der Waals surface area contributed by atoms with E-state index in [9.17, 15) is 4.79 Å². The minimum absolute atomic E-state index is 0.0735. The van der Waals surface area contributed by atoms with Crippen LogP contribution in [-0.2, 0) is 9.53 Å². The van der Waals surface area contributed by atoms with Gasteiger partial charge in [-0.05, 0) is 55.9 Å². The second kappa shape index (κ2) is 6.60. The lowest BCUT2D eigenvalue weighted by atomic mass is 9.77. The molecule has 2 aliphatic carbocycles. The maximum Gasteiger partial charge on any atom is 0.331 e. The number of fused-ring (bicyclic) bond motifs is 3. The normalized spacial score (nSPS) is 41.7. The van der Waals surface area contributed by atoms with Gasteiger partial charge in [-0.15, -0.1) is 0 Å². The number of thioether (sulfide) groups is 1. The summed E-state index contributed by atoms with van der Waals surface area (Å²) in [4.78, 5) is 14.8. The maximum atomic E-state index is 12.1. The molecule has 4 atom stereocenters. The molecule has 4 fully saturated rings. The van der Waals surface area contributed by atoms with E-state index in [1.165, 1.54) is 75.7 Å². The number of esters is 1. The van der Waals surface area contributed by atoms with E-state index in [1.54, 1.807) is 0 Å². The fourth-order valence-electron chi connectivity index (χ4n) is 6.30. The van der Waals surface area contributed by atoms with Crippen LogP contribution in [0.15, 0.2) is 11.6 Å². The Labute approximate surface area is 155 Å². The predicted octanol–water partition coefficient (Wildman–Crippen LogP) is 4.31. The monoisotopic (exact) mass is 361 g/mol. The lowest BCUT2D eigenvalue weighted by Gasteiger charge is -2.38. The van der Waals surface area contributed by atoms with Crippen molar-refractivity contribution < 1.29 is 9.53 Å². The fraction of sp³-hybridized carbons (Fsp3) is 0.857. The minimum atomic E-state index is -0.235. The summed E-state index contributed by atoms with van der Waals surface area (Å²) in [6.07, 6.45) is 16.4. The molecular weight excluding hydrogens is 330 g/mol. The van der Waals surface area contributed by atoms with Gasteiger partial charge in [0.15, 0.2) is 5.60 Å². The predicted molar refractivity (Wildman–Crippen MR) is 102 cm³/mol. The Morgan fingerprint density at radius 3 is 2.76 bits per heavy atom. The van der Waals surface area contributed by atoms with E-state index >= 15 is 0 Å². The molecule has 0 aromatic carbocycles. The lowest BCUT2D eigenvalue weighted by Crippen LogP contribution is -2.48. The van der Waals surface area contributed by atoms with Gasteiger partial charge in [0.2, 0.25) is 0 Å². The molecule has 2 saturated heterocycles. The highest BCUT2D eigenvalue weighted by Gasteiger charge is 2.63. The number of piperidine rings is 1. The van der Waals surface area contributed by atoms with Crippen molar-refractivity contribution in [3.63, 3.8) is 0 Å². The van der Waals surface area contributed by atoms with E-state index in [0.29, 0.717) is 17.3 Å². The summed E-state index contributed by atoms with van der Waals surface area (Å²) in [5, 5.41) is 0.667. The SMILES string of the molecule is O=C1C=C2CC(SCC3CCCCCC3)[C@@H]3C[C@@]2(O1)[C@H]1CCCCN31. The van der Waals surface area contributed by atoms with Gasteiger partial charge in [-0.3, -0.25) is 4.90 Å². The Balaban J connectivity index is 1.33. The van der Waals surface area contributed by atoms with Crippen molar-refractivity contribution in [3.8, 4) is 0 Å². The third-order valence-corrected chi connectivity index (χ3v) is 9.08. The number of rotatable bonds is 3. The zero-order valence-corrected chi connectivity index (χ0v) is 16.1. The van der Waals surface area contributed by atoms with Gasteiger partial charge in [0.25, 0.3) is 0 Å². The van der Waals surface area contributed by atoms with Gasteiger partial charge >= 0.3 is 5.97 Å². The number of ether oxygens (including phenoxy) is 1. The number of nitrogens with zero attached hydrogens (tertiary/aromatic N) is 1. The largest absolute Gasteiger partial charge is 0.450 e. The molecule has 4 heteroatoms. The number of carbonyl (C=O) groups is 1. The van der Waals surface area contributed by atoms with E-state index < -0.39 is 0 Å². The number of hydrogen-bond acceptors (Lipinski definition) is 4. The quantitative estimate of drug-likeness (QED) is 0.553. The third kappa shape index (κ3) is 2.79. The van der Waals surface area contributed by atoms with Crippen molar-refractivity contribution in [2.45, 2.75) is 93.6 Å². The highest BCUT2D eigenvalue weighted by Crippen LogP contribution is 2.56. The molecule has 5 rings (SSSR count). The molecule has 0 amide bonds. The molecule has 138 valence electrons. The highest BCUT2D eigenvalue weighted by atomic mass is 32.2. The molecule has 0 radical (unpaired) electrons. The fourth-order valence-corrected chi connectivity index (χ4v) is 7.92. The molecule has 3 aliphatic heterocycles. The van der Waals surface area contributed by atoms with Gasteiger partial charge in [-0.1, -0.05) is 32.1 Å².